The summed E-state index contributed by atoms with van der Waals surface area (Å²) >= 11 is 0. The standard InChI is InChI=1S/C32H50N4O2/c1-21(31-15-23-9-24(16-31)11-25(10-23)17-31)33-35-29(37)7-5-3-4-6-8-30(38)36-34-22(2)32-18-26-12-27(19-32)14-28(13-26)20-32/h23-28H,3-20H2,1-2H3,(H,35,37)(H,36,38)/b33-21+,34-22+. The van der Waals surface area contributed by atoms with Crippen LogP contribution < -0.4 is 10.9 Å². The van der Waals surface area contributed by atoms with Crippen molar-refractivity contribution in [2.45, 2.75) is 129 Å². The van der Waals surface area contributed by atoms with Crippen molar-refractivity contribution in [3.63, 3.8) is 0 Å². The fourth-order valence-electron chi connectivity index (χ4n) is 10.7. The lowest BCUT2D eigenvalue weighted by Crippen LogP contribution is -2.49. The lowest BCUT2D eigenvalue weighted by atomic mass is 9.48. The van der Waals surface area contributed by atoms with Crippen LogP contribution in [0.4, 0.5) is 0 Å². The quantitative estimate of drug-likeness (QED) is 0.179. The third kappa shape index (κ3) is 5.47. The third-order valence-corrected chi connectivity index (χ3v) is 11.9. The molecule has 38 heavy (non-hydrogen) atoms. The smallest absolute Gasteiger partial charge is 0.240 e. The molecular weight excluding hydrogens is 472 g/mol. The number of amides is 2. The van der Waals surface area contributed by atoms with Crippen molar-refractivity contribution in [3.8, 4) is 0 Å². The fraction of sp³-hybridized carbons (Fsp3) is 0.875. The number of nitrogens with zero attached hydrogens (tertiary/aromatic N) is 2. The van der Waals surface area contributed by atoms with Gasteiger partial charge in [-0.05, 0) is 139 Å². The average molecular weight is 523 g/mol. The average Bonchev–Trinajstić information content (AvgIpc) is 2.86. The Morgan fingerprint density at radius 1 is 0.553 bits per heavy atom. The van der Waals surface area contributed by atoms with Gasteiger partial charge in [-0.25, -0.2) is 10.9 Å². The molecule has 0 aromatic rings. The van der Waals surface area contributed by atoms with E-state index in [1.807, 2.05) is 0 Å². The zero-order chi connectivity index (χ0) is 26.3. The predicted octanol–water partition coefficient (Wildman–Crippen LogP) is 6.74. The number of hydrogen-bond donors (Lipinski definition) is 2. The van der Waals surface area contributed by atoms with Gasteiger partial charge in [-0.2, -0.15) is 10.2 Å². The van der Waals surface area contributed by atoms with Gasteiger partial charge >= 0.3 is 0 Å². The van der Waals surface area contributed by atoms with Crippen molar-refractivity contribution >= 4 is 23.2 Å². The topological polar surface area (TPSA) is 82.9 Å². The molecule has 2 N–H and O–H groups in total. The maximum atomic E-state index is 12.4. The number of unbranched alkanes of at least 4 members (excludes halogenated alkanes) is 3. The van der Waals surface area contributed by atoms with E-state index in [9.17, 15) is 9.59 Å². The fourth-order valence-corrected chi connectivity index (χ4v) is 10.7. The van der Waals surface area contributed by atoms with E-state index in [2.05, 4.69) is 34.9 Å². The minimum Gasteiger partial charge on any atom is -0.273 e. The van der Waals surface area contributed by atoms with Gasteiger partial charge in [0, 0.05) is 35.1 Å². The van der Waals surface area contributed by atoms with Gasteiger partial charge in [0.05, 0.1) is 0 Å². The van der Waals surface area contributed by atoms with Crippen LogP contribution in [0, 0.1) is 46.3 Å². The number of hydrogen-bond acceptors (Lipinski definition) is 4. The Kier molecular flexibility index (Phi) is 7.45. The molecule has 0 heterocycles. The maximum absolute atomic E-state index is 12.4. The molecule has 0 radical (unpaired) electrons. The van der Waals surface area contributed by atoms with Crippen molar-refractivity contribution in [3.05, 3.63) is 0 Å². The van der Waals surface area contributed by atoms with Gasteiger partial charge in [-0.3, -0.25) is 9.59 Å². The van der Waals surface area contributed by atoms with Crippen LogP contribution in [-0.4, -0.2) is 23.2 Å². The third-order valence-electron chi connectivity index (χ3n) is 11.9. The Bertz CT molecular complexity index is 833. The molecular formula is C32H50N4O2. The molecule has 8 aliphatic rings. The highest BCUT2D eigenvalue weighted by Gasteiger charge is 2.53. The van der Waals surface area contributed by atoms with Crippen molar-refractivity contribution in [2.75, 3.05) is 0 Å². The molecule has 0 atom stereocenters. The van der Waals surface area contributed by atoms with Gasteiger partial charge in [0.25, 0.3) is 0 Å². The summed E-state index contributed by atoms with van der Waals surface area (Å²) in [6.45, 7) is 4.29. The summed E-state index contributed by atoms with van der Waals surface area (Å²) in [7, 11) is 0. The summed E-state index contributed by atoms with van der Waals surface area (Å²) < 4.78 is 0. The first-order chi connectivity index (χ1) is 18.3. The minimum atomic E-state index is 0.0290. The zero-order valence-electron chi connectivity index (χ0n) is 23.9. The van der Waals surface area contributed by atoms with Crippen molar-refractivity contribution in [1.82, 2.24) is 10.9 Å². The van der Waals surface area contributed by atoms with E-state index in [1.54, 1.807) is 0 Å². The summed E-state index contributed by atoms with van der Waals surface area (Å²) in [6, 6.07) is 0. The minimum absolute atomic E-state index is 0.0290. The Hall–Kier alpha value is -1.72. The molecule has 6 nitrogen and oxygen atoms in total. The van der Waals surface area contributed by atoms with Gasteiger partial charge in [0.2, 0.25) is 11.8 Å². The summed E-state index contributed by atoms with van der Waals surface area (Å²) in [4.78, 5) is 24.8. The van der Waals surface area contributed by atoms with Gasteiger partial charge in [-0.1, -0.05) is 12.8 Å². The number of carbonyl (C=O) groups excluding carboxylic acids is 2. The second-order valence-corrected chi connectivity index (χ2v) is 14.8. The van der Waals surface area contributed by atoms with Crippen LogP contribution >= 0.6 is 0 Å². The van der Waals surface area contributed by atoms with Gasteiger partial charge in [0.1, 0.15) is 0 Å². The van der Waals surface area contributed by atoms with Crippen molar-refractivity contribution in [1.29, 1.82) is 0 Å². The van der Waals surface area contributed by atoms with E-state index in [0.29, 0.717) is 12.8 Å². The summed E-state index contributed by atoms with van der Waals surface area (Å²) in [5.74, 6) is 5.40. The van der Waals surface area contributed by atoms with Gasteiger partial charge in [-0.15, -0.1) is 0 Å². The molecule has 8 fully saturated rings. The molecule has 0 unspecified atom stereocenters. The highest BCUT2D eigenvalue weighted by Crippen LogP contribution is 2.61. The molecule has 0 aromatic carbocycles. The van der Waals surface area contributed by atoms with Crippen molar-refractivity contribution < 1.29 is 9.59 Å². The molecule has 6 heteroatoms. The van der Waals surface area contributed by atoms with E-state index in [4.69, 9.17) is 0 Å². The lowest BCUT2D eigenvalue weighted by Gasteiger charge is -2.56. The molecule has 8 bridgehead atoms. The summed E-state index contributed by atoms with van der Waals surface area (Å²) in [5.41, 5.74) is 8.58. The molecule has 0 aromatic heterocycles. The van der Waals surface area contributed by atoms with E-state index < -0.39 is 0 Å². The second-order valence-electron chi connectivity index (χ2n) is 14.8. The number of nitrogens with one attached hydrogen (secondary N) is 2. The lowest BCUT2D eigenvalue weighted by molar-refractivity contribution is -0.122. The predicted molar refractivity (Wildman–Crippen MR) is 151 cm³/mol. The van der Waals surface area contributed by atoms with E-state index in [0.717, 1.165) is 72.6 Å². The number of carbonyl (C=O) groups is 2. The van der Waals surface area contributed by atoms with Crippen LogP contribution in [0.2, 0.25) is 0 Å². The molecule has 8 rings (SSSR count). The normalized spacial score (nSPS) is 41.0. The highest BCUT2D eigenvalue weighted by atomic mass is 16.2. The van der Waals surface area contributed by atoms with Gasteiger partial charge < -0.3 is 0 Å². The first kappa shape index (κ1) is 26.5. The van der Waals surface area contributed by atoms with Crippen LogP contribution in [0.1, 0.15) is 129 Å². The second kappa shape index (κ2) is 10.7. The van der Waals surface area contributed by atoms with Crippen molar-refractivity contribution in [2.24, 2.45) is 56.5 Å². The maximum Gasteiger partial charge on any atom is 0.240 e. The first-order valence-corrected chi connectivity index (χ1v) is 16.0. The molecule has 0 saturated heterocycles. The monoisotopic (exact) mass is 522 g/mol. The SMILES string of the molecule is C/C(=N\NC(=O)CCCCCCC(=O)N/N=C(\C)C12CC3CC(CC(C3)C1)C2)C12CC3CC(CC(C3)C1)C2. The molecule has 8 aliphatic carbocycles. The van der Waals surface area contributed by atoms with E-state index in [-0.39, 0.29) is 22.6 Å². The molecule has 0 spiro atoms. The largest absolute Gasteiger partial charge is 0.273 e. The first-order valence-electron chi connectivity index (χ1n) is 16.0. The molecule has 210 valence electrons. The number of rotatable bonds is 11. The summed E-state index contributed by atoms with van der Waals surface area (Å²) in [5, 5.41) is 9.20. The van der Waals surface area contributed by atoms with Crippen LogP contribution in [0.5, 0.6) is 0 Å². The Morgan fingerprint density at radius 3 is 1.13 bits per heavy atom. The van der Waals surface area contributed by atoms with Crippen LogP contribution in [0.25, 0.3) is 0 Å². The van der Waals surface area contributed by atoms with Crippen LogP contribution in [-0.2, 0) is 9.59 Å². The Balaban J connectivity index is 0.852. The zero-order valence-corrected chi connectivity index (χ0v) is 23.9. The van der Waals surface area contributed by atoms with Gasteiger partial charge in [0.15, 0.2) is 0 Å². The van der Waals surface area contributed by atoms with Crippen LogP contribution in [0.15, 0.2) is 10.2 Å². The molecule has 2 amide bonds. The van der Waals surface area contributed by atoms with E-state index in [1.165, 1.54) is 77.0 Å². The summed E-state index contributed by atoms with van der Waals surface area (Å²) in [6.07, 6.45) is 20.9. The Morgan fingerprint density at radius 2 is 0.842 bits per heavy atom. The van der Waals surface area contributed by atoms with Crippen LogP contribution in [0.3, 0.4) is 0 Å². The van der Waals surface area contributed by atoms with E-state index >= 15 is 0 Å². The molecule has 8 saturated carbocycles. The molecule has 0 aliphatic heterocycles. The Labute approximate surface area is 229 Å². The number of hydrazone groups is 2. The highest BCUT2D eigenvalue weighted by molar-refractivity contribution is 5.90.